The van der Waals surface area contributed by atoms with E-state index in [0.29, 0.717) is 12.8 Å². The fourth-order valence-corrected chi connectivity index (χ4v) is 4.82. The van der Waals surface area contributed by atoms with E-state index < -0.39 is 5.60 Å². The molecule has 3 N–H and O–H groups in total. The lowest BCUT2D eigenvalue weighted by Crippen LogP contribution is -2.31. The molecule has 6 nitrogen and oxygen atoms in total. The van der Waals surface area contributed by atoms with Crippen molar-refractivity contribution in [2.24, 2.45) is 0 Å². The Kier molecular flexibility index (Phi) is 8.75. The standard InChI is InChI=1S/C33H39N3O3/c1-6-34-29-18-22(2)12-15-26(29)32(24-10-8-7-9-11-24)36-30(37)20-23-13-16-28-27(19-23)25(21-35-28)14-17-31(38)39-33(3,4)5/h7-13,15-16,18-19,21,32,34-35H,6,14,17,20H2,1-5H3,(H,36,37). The minimum Gasteiger partial charge on any atom is -0.460 e. The molecule has 0 aliphatic rings. The van der Waals surface area contributed by atoms with Crippen LogP contribution in [0.3, 0.4) is 0 Å². The lowest BCUT2D eigenvalue weighted by molar-refractivity contribution is -0.154. The number of anilines is 1. The second-order valence-corrected chi connectivity index (χ2v) is 11.0. The zero-order chi connectivity index (χ0) is 28.0. The summed E-state index contributed by atoms with van der Waals surface area (Å²) in [5.41, 5.74) is 6.69. The van der Waals surface area contributed by atoms with Gasteiger partial charge in [-0.1, -0.05) is 48.5 Å². The maximum atomic E-state index is 13.4. The Morgan fingerprint density at radius 1 is 1.00 bits per heavy atom. The van der Waals surface area contributed by atoms with Gasteiger partial charge in [-0.15, -0.1) is 0 Å². The van der Waals surface area contributed by atoms with Crippen LogP contribution in [0.1, 0.15) is 68.0 Å². The Bertz CT molecular complexity index is 1430. The van der Waals surface area contributed by atoms with E-state index in [-0.39, 0.29) is 24.3 Å². The van der Waals surface area contributed by atoms with Gasteiger partial charge < -0.3 is 20.4 Å². The second-order valence-electron chi connectivity index (χ2n) is 11.0. The summed E-state index contributed by atoms with van der Waals surface area (Å²) in [5, 5.41) is 7.77. The van der Waals surface area contributed by atoms with Gasteiger partial charge in [0.1, 0.15) is 5.60 Å². The first kappa shape index (κ1) is 28.0. The number of aromatic amines is 1. The van der Waals surface area contributed by atoms with Crippen molar-refractivity contribution in [3.05, 3.63) is 101 Å². The number of amides is 1. The third kappa shape index (κ3) is 7.50. The summed E-state index contributed by atoms with van der Waals surface area (Å²) in [5.74, 6) is -0.274. The Labute approximate surface area is 231 Å². The topological polar surface area (TPSA) is 83.2 Å². The van der Waals surface area contributed by atoms with Gasteiger partial charge >= 0.3 is 5.97 Å². The molecule has 1 heterocycles. The summed E-state index contributed by atoms with van der Waals surface area (Å²) >= 11 is 0. The van der Waals surface area contributed by atoms with Crippen LogP contribution >= 0.6 is 0 Å². The van der Waals surface area contributed by atoms with Gasteiger partial charge in [0.25, 0.3) is 0 Å². The van der Waals surface area contributed by atoms with E-state index >= 15 is 0 Å². The van der Waals surface area contributed by atoms with E-state index in [4.69, 9.17) is 4.74 Å². The normalized spacial score (nSPS) is 12.2. The minimum atomic E-state index is -0.499. The van der Waals surface area contributed by atoms with Crippen LogP contribution in [0.2, 0.25) is 0 Å². The predicted molar refractivity (Wildman–Crippen MR) is 158 cm³/mol. The summed E-state index contributed by atoms with van der Waals surface area (Å²) in [7, 11) is 0. The number of hydrogen-bond donors (Lipinski definition) is 3. The van der Waals surface area contributed by atoms with Crippen LogP contribution in [0, 0.1) is 6.92 Å². The summed E-state index contributed by atoms with van der Waals surface area (Å²) in [6.07, 6.45) is 3.06. The summed E-state index contributed by atoms with van der Waals surface area (Å²) in [4.78, 5) is 28.9. The molecule has 1 unspecified atom stereocenters. The highest BCUT2D eigenvalue weighted by Gasteiger charge is 2.21. The van der Waals surface area contributed by atoms with Crippen molar-refractivity contribution in [1.29, 1.82) is 0 Å². The van der Waals surface area contributed by atoms with Crippen molar-refractivity contribution in [3.63, 3.8) is 0 Å². The van der Waals surface area contributed by atoms with Crippen molar-refractivity contribution in [1.82, 2.24) is 10.3 Å². The third-order valence-electron chi connectivity index (χ3n) is 6.54. The number of esters is 1. The second kappa shape index (κ2) is 12.2. The first-order valence-corrected chi connectivity index (χ1v) is 13.6. The summed E-state index contributed by atoms with van der Waals surface area (Å²) in [6.45, 7) is 10.5. The third-order valence-corrected chi connectivity index (χ3v) is 6.54. The van der Waals surface area contributed by atoms with Crippen LogP contribution in [0.5, 0.6) is 0 Å². The van der Waals surface area contributed by atoms with Gasteiger partial charge in [-0.25, -0.2) is 0 Å². The van der Waals surface area contributed by atoms with E-state index in [1.165, 1.54) is 0 Å². The molecule has 39 heavy (non-hydrogen) atoms. The van der Waals surface area contributed by atoms with Gasteiger partial charge in [0.05, 0.1) is 12.5 Å². The molecule has 0 fully saturated rings. The lowest BCUT2D eigenvalue weighted by Gasteiger charge is -2.23. The van der Waals surface area contributed by atoms with Gasteiger partial charge in [0.15, 0.2) is 0 Å². The van der Waals surface area contributed by atoms with Crippen LogP contribution in [0.4, 0.5) is 5.69 Å². The van der Waals surface area contributed by atoms with E-state index in [0.717, 1.165) is 51.0 Å². The number of benzene rings is 3. The van der Waals surface area contributed by atoms with Crippen LogP contribution in [0.25, 0.3) is 10.9 Å². The molecule has 1 atom stereocenters. The number of aromatic nitrogens is 1. The molecule has 0 saturated heterocycles. The van der Waals surface area contributed by atoms with Crippen LogP contribution in [-0.2, 0) is 27.2 Å². The Morgan fingerprint density at radius 3 is 2.49 bits per heavy atom. The number of fused-ring (bicyclic) bond motifs is 1. The zero-order valence-corrected chi connectivity index (χ0v) is 23.6. The predicted octanol–water partition coefficient (Wildman–Crippen LogP) is 6.63. The number of carbonyl (C=O) groups excluding carboxylic acids is 2. The molecular weight excluding hydrogens is 486 g/mol. The molecule has 1 aromatic heterocycles. The maximum absolute atomic E-state index is 13.4. The molecule has 0 saturated carbocycles. The van der Waals surface area contributed by atoms with Crippen molar-refractivity contribution in [3.8, 4) is 0 Å². The van der Waals surface area contributed by atoms with E-state index in [2.05, 4.69) is 47.7 Å². The number of ether oxygens (including phenoxy) is 1. The molecule has 4 aromatic rings. The molecule has 0 aliphatic carbocycles. The molecule has 0 aliphatic heterocycles. The highest BCUT2D eigenvalue weighted by Crippen LogP contribution is 2.30. The first-order valence-electron chi connectivity index (χ1n) is 13.6. The van der Waals surface area contributed by atoms with E-state index in [1.807, 2.05) is 75.5 Å². The molecule has 204 valence electrons. The highest BCUT2D eigenvalue weighted by atomic mass is 16.6. The fraction of sp³-hybridized carbons (Fsp3) is 0.333. The van der Waals surface area contributed by atoms with Crippen molar-refractivity contribution in [2.75, 3.05) is 11.9 Å². The maximum Gasteiger partial charge on any atom is 0.306 e. The SMILES string of the molecule is CCNc1cc(C)ccc1C(NC(=O)Cc1ccc2[nH]cc(CCC(=O)OC(C)(C)C)c2c1)c1ccccc1. The molecule has 6 heteroatoms. The van der Waals surface area contributed by atoms with Gasteiger partial charge in [-0.05, 0) is 81.5 Å². The van der Waals surface area contributed by atoms with Gasteiger partial charge in [0, 0.05) is 41.3 Å². The molecule has 0 radical (unpaired) electrons. The molecule has 0 spiro atoms. The quantitative estimate of drug-likeness (QED) is 0.203. The number of aryl methyl sites for hydroxylation is 2. The Hall–Kier alpha value is -4.06. The number of rotatable bonds is 10. The molecule has 3 aromatic carbocycles. The zero-order valence-electron chi connectivity index (χ0n) is 23.6. The number of H-pyrrole nitrogens is 1. The summed E-state index contributed by atoms with van der Waals surface area (Å²) in [6, 6.07) is 22.1. The Balaban J connectivity index is 1.53. The van der Waals surface area contributed by atoms with E-state index in [9.17, 15) is 9.59 Å². The molecule has 0 bridgehead atoms. The summed E-state index contributed by atoms with van der Waals surface area (Å²) < 4.78 is 5.46. The van der Waals surface area contributed by atoms with Gasteiger partial charge in [0.2, 0.25) is 5.91 Å². The largest absolute Gasteiger partial charge is 0.460 e. The number of hydrogen-bond acceptors (Lipinski definition) is 4. The minimum absolute atomic E-state index is 0.0583. The monoisotopic (exact) mass is 525 g/mol. The average molecular weight is 526 g/mol. The first-order chi connectivity index (χ1) is 18.6. The average Bonchev–Trinajstić information content (AvgIpc) is 3.28. The van der Waals surface area contributed by atoms with Crippen molar-refractivity contribution in [2.45, 2.75) is 65.5 Å². The lowest BCUT2D eigenvalue weighted by atomic mass is 9.95. The fourth-order valence-electron chi connectivity index (χ4n) is 4.82. The van der Waals surface area contributed by atoms with Crippen molar-refractivity contribution < 1.29 is 14.3 Å². The Morgan fingerprint density at radius 2 is 1.77 bits per heavy atom. The van der Waals surface area contributed by atoms with Crippen LogP contribution < -0.4 is 10.6 Å². The van der Waals surface area contributed by atoms with Crippen LogP contribution in [0.15, 0.2) is 72.9 Å². The molecule has 4 rings (SSSR count). The van der Waals surface area contributed by atoms with E-state index in [1.54, 1.807) is 0 Å². The van der Waals surface area contributed by atoms with Gasteiger partial charge in [-0.2, -0.15) is 0 Å². The molecular formula is C33H39N3O3. The van der Waals surface area contributed by atoms with Crippen LogP contribution in [-0.4, -0.2) is 29.0 Å². The van der Waals surface area contributed by atoms with Crippen molar-refractivity contribution >= 4 is 28.5 Å². The number of carbonyl (C=O) groups is 2. The smallest absolute Gasteiger partial charge is 0.306 e. The molecule has 1 amide bonds. The number of nitrogens with one attached hydrogen (secondary N) is 3. The highest BCUT2D eigenvalue weighted by molar-refractivity contribution is 5.87. The van der Waals surface area contributed by atoms with Gasteiger partial charge in [-0.3, -0.25) is 9.59 Å².